The van der Waals surface area contributed by atoms with Gasteiger partial charge in [-0.25, -0.2) is 0 Å². The number of nitrogens with one attached hydrogen (secondary N) is 2. The van der Waals surface area contributed by atoms with E-state index >= 15 is 0 Å². The number of aliphatic imine (C=N–C) groups is 1. The predicted octanol–water partition coefficient (Wildman–Crippen LogP) is 2.30. The van der Waals surface area contributed by atoms with E-state index in [1.54, 1.807) is 7.05 Å². The summed E-state index contributed by atoms with van der Waals surface area (Å²) in [5, 5.41) is 10.4. The minimum atomic E-state index is 0.364. The van der Waals surface area contributed by atoms with Crippen LogP contribution in [-0.2, 0) is 6.42 Å². The molecule has 0 amide bonds. The zero-order chi connectivity index (χ0) is 15.9. The second-order valence-corrected chi connectivity index (χ2v) is 6.63. The quantitative estimate of drug-likeness (QED) is 0.622. The second-order valence-electron chi connectivity index (χ2n) is 6.63. The van der Waals surface area contributed by atoms with E-state index in [4.69, 9.17) is 4.52 Å². The highest BCUT2D eigenvalue weighted by Crippen LogP contribution is 2.21. The van der Waals surface area contributed by atoms with E-state index in [0.717, 1.165) is 12.4 Å². The van der Waals surface area contributed by atoms with E-state index in [1.807, 2.05) is 6.92 Å². The molecule has 2 N–H and O–H groups in total. The maximum Gasteiger partial charge on any atom is 0.228 e. The first-order valence-electron chi connectivity index (χ1n) is 7.56. The van der Waals surface area contributed by atoms with Crippen molar-refractivity contribution in [2.24, 2.45) is 10.4 Å². The molecule has 0 saturated carbocycles. The van der Waals surface area contributed by atoms with E-state index in [-0.39, 0.29) is 0 Å². The molecule has 6 heteroatoms. The Bertz CT molecular complexity index is 447. The molecular weight excluding hydrogens is 266 g/mol. The molecule has 1 rings (SSSR count). The molecule has 21 heavy (non-hydrogen) atoms. The number of rotatable bonds is 6. The fourth-order valence-corrected chi connectivity index (χ4v) is 1.88. The Morgan fingerprint density at radius 2 is 2.10 bits per heavy atom. The summed E-state index contributed by atoms with van der Waals surface area (Å²) in [6.45, 7) is 11.5. The topological polar surface area (TPSA) is 75.3 Å². The molecule has 0 spiro atoms. The monoisotopic (exact) mass is 295 g/mol. The molecule has 0 fully saturated rings. The van der Waals surface area contributed by atoms with Gasteiger partial charge in [-0.1, -0.05) is 25.9 Å². The average molecular weight is 295 g/mol. The number of nitrogens with zero attached hydrogens (tertiary/aromatic N) is 3. The molecule has 0 aliphatic heterocycles. The van der Waals surface area contributed by atoms with Crippen molar-refractivity contribution < 1.29 is 4.52 Å². The van der Waals surface area contributed by atoms with Gasteiger partial charge >= 0.3 is 0 Å². The van der Waals surface area contributed by atoms with Crippen LogP contribution in [0.4, 0.5) is 0 Å². The number of guanidine groups is 1. The van der Waals surface area contributed by atoms with Crippen LogP contribution in [0.25, 0.3) is 0 Å². The van der Waals surface area contributed by atoms with Crippen LogP contribution in [0.5, 0.6) is 0 Å². The predicted molar refractivity (Wildman–Crippen MR) is 85.4 cm³/mol. The van der Waals surface area contributed by atoms with Crippen molar-refractivity contribution in [1.82, 2.24) is 20.8 Å². The van der Waals surface area contributed by atoms with Gasteiger partial charge in [-0.3, -0.25) is 4.99 Å². The van der Waals surface area contributed by atoms with Crippen LogP contribution in [0.1, 0.15) is 52.3 Å². The third-order valence-corrected chi connectivity index (χ3v) is 3.14. The molecule has 0 aromatic carbocycles. The van der Waals surface area contributed by atoms with Gasteiger partial charge in [0.25, 0.3) is 0 Å². The van der Waals surface area contributed by atoms with Crippen LogP contribution in [0.3, 0.4) is 0 Å². The molecule has 6 nitrogen and oxygen atoms in total. The van der Waals surface area contributed by atoms with Crippen LogP contribution in [0.2, 0.25) is 0 Å². The number of hydrogen-bond acceptors (Lipinski definition) is 4. The normalized spacial score (nSPS) is 14.1. The first kappa shape index (κ1) is 17.5. The largest absolute Gasteiger partial charge is 0.356 e. The molecule has 1 unspecified atom stereocenters. The Morgan fingerprint density at radius 3 is 2.62 bits per heavy atom. The number of aromatic nitrogens is 2. The summed E-state index contributed by atoms with van der Waals surface area (Å²) in [4.78, 5) is 8.41. The van der Waals surface area contributed by atoms with Gasteiger partial charge in [0.1, 0.15) is 0 Å². The lowest BCUT2D eigenvalue weighted by atomic mass is 9.89. The van der Waals surface area contributed by atoms with E-state index in [9.17, 15) is 0 Å². The van der Waals surface area contributed by atoms with Crippen molar-refractivity contribution in [1.29, 1.82) is 0 Å². The molecule has 1 atom stereocenters. The Morgan fingerprint density at radius 1 is 1.38 bits per heavy atom. The summed E-state index contributed by atoms with van der Waals surface area (Å²) >= 11 is 0. The summed E-state index contributed by atoms with van der Waals surface area (Å²) in [7, 11) is 1.78. The van der Waals surface area contributed by atoms with Crippen molar-refractivity contribution in [2.45, 2.75) is 59.9 Å². The number of aryl methyl sites for hydroxylation is 1. The van der Waals surface area contributed by atoms with Gasteiger partial charge in [0, 0.05) is 26.1 Å². The van der Waals surface area contributed by atoms with Crippen LogP contribution < -0.4 is 10.6 Å². The van der Waals surface area contributed by atoms with E-state index in [1.165, 1.54) is 6.42 Å². The fourth-order valence-electron chi connectivity index (χ4n) is 1.88. The van der Waals surface area contributed by atoms with Crippen LogP contribution in [0, 0.1) is 12.3 Å². The lowest BCUT2D eigenvalue weighted by molar-refractivity contribution is 0.346. The van der Waals surface area contributed by atoms with Crippen LogP contribution in [0.15, 0.2) is 9.52 Å². The molecule has 0 aliphatic carbocycles. The summed E-state index contributed by atoms with van der Waals surface area (Å²) < 4.78 is 5.08. The molecule has 0 aliphatic rings. The van der Waals surface area contributed by atoms with Gasteiger partial charge in [-0.2, -0.15) is 4.98 Å². The summed E-state index contributed by atoms with van der Waals surface area (Å²) in [5.74, 6) is 2.13. The third kappa shape index (κ3) is 7.68. The molecular formula is C15H29N5O. The highest BCUT2D eigenvalue weighted by Gasteiger charge is 2.13. The first-order valence-corrected chi connectivity index (χ1v) is 7.56. The minimum Gasteiger partial charge on any atom is -0.356 e. The molecule has 0 radical (unpaired) electrons. The lowest BCUT2D eigenvalue weighted by Crippen LogP contribution is -2.43. The van der Waals surface area contributed by atoms with Gasteiger partial charge in [0.2, 0.25) is 5.89 Å². The summed E-state index contributed by atoms with van der Waals surface area (Å²) in [6.07, 6.45) is 2.99. The third-order valence-electron chi connectivity index (χ3n) is 3.14. The van der Waals surface area contributed by atoms with Gasteiger partial charge in [0.15, 0.2) is 11.8 Å². The smallest absolute Gasteiger partial charge is 0.228 e. The molecule has 0 saturated heterocycles. The first-order chi connectivity index (χ1) is 9.80. The zero-order valence-electron chi connectivity index (χ0n) is 14.2. The van der Waals surface area contributed by atoms with Crippen molar-refractivity contribution in [2.75, 3.05) is 13.6 Å². The van der Waals surface area contributed by atoms with Crippen molar-refractivity contribution in [3.8, 4) is 0 Å². The van der Waals surface area contributed by atoms with E-state index in [2.05, 4.69) is 53.5 Å². The Hall–Kier alpha value is -1.59. The van der Waals surface area contributed by atoms with Crippen LogP contribution >= 0.6 is 0 Å². The van der Waals surface area contributed by atoms with E-state index in [0.29, 0.717) is 36.1 Å². The van der Waals surface area contributed by atoms with E-state index < -0.39 is 0 Å². The van der Waals surface area contributed by atoms with Crippen molar-refractivity contribution in [3.05, 3.63) is 11.7 Å². The fraction of sp³-hybridized carbons (Fsp3) is 0.800. The SMILES string of the molecule is CN=C(NCCc1nc(C)no1)NC(C)CCC(C)(C)C. The van der Waals surface area contributed by atoms with Gasteiger partial charge in [-0.15, -0.1) is 0 Å². The average Bonchev–Trinajstić information content (AvgIpc) is 2.80. The van der Waals surface area contributed by atoms with Gasteiger partial charge in [-0.05, 0) is 32.1 Å². The van der Waals surface area contributed by atoms with Crippen molar-refractivity contribution in [3.63, 3.8) is 0 Å². The maximum atomic E-state index is 5.08. The molecule has 0 bridgehead atoms. The Kier molecular flexibility index (Phi) is 6.65. The molecule has 1 aromatic heterocycles. The Labute approximate surface area is 127 Å². The van der Waals surface area contributed by atoms with Crippen molar-refractivity contribution >= 4 is 5.96 Å². The standard InChI is InChI=1S/C15H29N5O/c1-11(7-9-15(3,4)5)18-14(16-6)17-10-8-13-19-12(2)20-21-13/h11H,7-10H2,1-6H3,(H2,16,17,18). The molecule has 1 heterocycles. The zero-order valence-corrected chi connectivity index (χ0v) is 14.2. The summed E-state index contributed by atoms with van der Waals surface area (Å²) in [5.41, 5.74) is 0.364. The highest BCUT2D eigenvalue weighted by atomic mass is 16.5. The lowest BCUT2D eigenvalue weighted by Gasteiger charge is -2.23. The Balaban J connectivity index is 2.28. The highest BCUT2D eigenvalue weighted by molar-refractivity contribution is 5.79. The second kappa shape index (κ2) is 8.00. The molecule has 1 aromatic rings. The maximum absolute atomic E-state index is 5.08. The van der Waals surface area contributed by atoms with Crippen LogP contribution in [-0.4, -0.2) is 35.7 Å². The minimum absolute atomic E-state index is 0.364. The van der Waals surface area contributed by atoms with Gasteiger partial charge in [0.05, 0.1) is 0 Å². The summed E-state index contributed by atoms with van der Waals surface area (Å²) in [6, 6.07) is 0.390. The molecule has 120 valence electrons. The van der Waals surface area contributed by atoms with Gasteiger partial charge < -0.3 is 15.2 Å². The number of hydrogen-bond donors (Lipinski definition) is 2.